The van der Waals surface area contributed by atoms with Crippen molar-refractivity contribution in [3.8, 4) is 5.75 Å². The van der Waals surface area contributed by atoms with Crippen molar-refractivity contribution in [1.29, 1.82) is 0 Å². The molecule has 7 nitrogen and oxygen atoms in total. The highest BCUT2D eigenvalue weighted by Gasteiger charge is 2.20. The number of amides is 2. The van der Waals surface area contributed by atoms with E-state index in [0.717, 1.165) is 68.3 Å². The first kappa shape index (κ1) is 20.9. The summed E-state index contributed by atoms with van der Waals surface area (Å²) in [5.74, 6) is 2.24. The molecule has 29 heavy (non-hydrogen) atoms. The predicted molar refractivity (Wildman–Crippen MR) is 116 cm³/mol. The molecule has 1 aliphatic heterocycles. The van der Waals surface area contributed by atoms with Gasteiger partial charge in [-0.2, -0.15) is 5.10 Å². The molecule has 0 unspecified atom stereocenters. The smallest absolute Gasteiger partial charge is 0.319 e. The van der Waals surface area contributed by atoms with E-state index in [9.17, 15) is 4.79 Å². The van der Waals surface area contributed by atoms with Gasteiger partial charge in [-0.1, -0.05) is 13.3 Å². The molecule has 1 aliphatic rings. The second-order valence-corrected chi connectivity index (χ2v) is 7.52. The molecule has 156 valence electrons. The number of ether oxygens (including phenoxy) is 1. The van der Waals surface area contributed by atoms with E-state index in [0.29, 0.717) is 12.5 Å². The Morgan fingerprint density at radius 3 is 2.55 bits per heavy atom. The van der Waals surface area contributed by atoms with Crippen LogP contribution in [0.25, 0.3) is 0 Å². The Labute approximate surface area is 172 Å². The van der Waals surface area contributed by atoms with Gasteiger partial charge in [-0.25, -0.2) is 4.79 Å². The number of benzene rings is 1. The highest BCUT2D eigenvalue weighted by Crippen LogP contribution is 2.21. The summed E-state index contributed by atoms with van der Waals surface area (Å²) in [7, 11) is 0. The monoisotopic (exact) mass is 397 g/mol. The van der Waals surface area contributed by atoms with Crippen molar-refractivity contribution >= 4 is 17.5 Å². The van der Waals surface area contributed by atoms with Crippen LogP contribution in [0, 0.1) is 12.8 Å². The zero-order valence-electron chi connectivity index (χ0n) is 17.4. The molecule has 0 radical (unpaired) electrons. The van der Waals surface area contributed by atoms with Crippen LogP contribution < -0.4 is 20.3 Å². The van der Waals surface area contributed by atoms with Gasteiger partial charge in [0.2, 0.25) is 0 Å². The lowest BCUT2D eigenvalue weighted by atomic mass is 9.97. The van der Waals surface area contributed by atoms with E-state index in [1.807, 2.05) is 43.3 Å². The first-order valence-corrected chi connectivity index (χ1v) is 10.5. The molecule has 7 heteroatoms. The van der Waals surface area contributed by atoms with E-state index in [2.05, 4.69) is 32.7 Å². The summed E-state index contributed by atoms with van der Waals surface area (Å²) in [4.78, 5) is 14.4. The summed E-state index contributed by atoms with van der Waals surface area (Å²) in [5.41, 5.74) is 1.69. The van der Waals surface area contributed by atoms with Gasteiger partial charge in [0.15, 0.2) is 5.82 Å². The highest BCUT2D eigenvalue weighted by atomic mass is 16.5. The molecule has 3 rings (SSSR count). The second kappa shape index (κ2) is 10.6. The van der Waals surface area contributed by atoms with Gasteiger partial charge in [-0.05, 0) is 68.5 Å². The molecular formula is C22H31N5O2. The van der Waals surface area contributed by atoms with Gasteiger partial charge in [0.25, 0.3) is 0 Å². The number of anilines is 2. The summed E-state index contributed by atoms with van der Waals surface area (Å²) < 4.78 is 5.64. The number of aromatic nitrogens is 2. The number of piperidine rings is 1. The number of rotatable bonds is 8. The lowest BCUT2D eigenvalue weighted by molar-refractivity contribution is 0.248. The molecule has 0 aliphatic carbocycles. The molecule has 1 aromatic carbocycles. The van der Waals surface area contributed by atoms with E-state index < -0.39 is 0 Å². The lowest BCUT2D eigenvalue weighted by Gasteiger charge is -2.32. The maximum Gasteiger partial charge on any atom is 0.319 e. The predicted octanol–water partition coefficient (Wildman–Crippen LogP) is 4.00. The van der Waals surface area contributed by atoms with Crippen molar-refractivity contribution in [1.82, 2.24) is 15.5 Å². The Balaban J connectivity index is 1.36. The molecule has 2 heterocycles. The fourth-order valence-electron chi connectivity index (χ4n) is 3.31. The SMILES string of the molecule is CCCCOc1ccc(NC(=O)NCC2CCN(c3ccc(C)nn3)CC2)cc1. The van der Waals surface area contributed by atoms with E-state index in [4.69, 9.17) is 4.74 Å². The number of hydrogen-bond donors (Lipinski definition) is 2. The van der Waals surface area contributed by atoms with Crippen LogP contribution in [0.15, 0.2) is 36.4 Å². The zero-order valence-corrected chi connectivity index (χ0v) is 17.4. The maximum atomic E-state index is 12.2. The Bertz CT molecular complexity index is 756. The van der Waals surface area contributed by atoms with E-state index in [1.54, 1.807) is 0 Å². The molecule has 0 bridgehead atoms. The van der Waals surface area contributed by atoms with E-state index in [-0.39, 0.29) is 6.03 Å². The van der Waals surface area contributed by atoms with Gasteiger partial charge in [0, 0.05) is 25.3 Å². The van der Waals surface area contributed by atoms with Crippen molar-refractivity contribution in [2.24, 2.45) is 5.92 Å². The Morgan fingerprint density at radius 2 is 1.90 bits per heavy atom. The van der Waals surface area contributed by atoms with E-state index >= 15 is 0 Å². The van der Waals surface area contributed by atoms with Gasteiger partial charge in [0.05, 0.1) is 12.3 Å². The van der Waals surface area contributed by atoms with Gasteiger partial charge in [-0.3, -0.25) is 0 Å². The van der Waals surface area contributed by atoms with Gasteiger partial charge >= 0.3 is 6.03 Å². The Morgan fingerprint density at radius 1 is 1.14 bits per heavy atom. The number of urea groups is 1. The van der Waals surface area contributed by atoms with Crippen LogP contribution in [-0.4, -0.2) is 42.5 Å². The molecule has 0 saturated carbocycles. The average molecular weight is 398 g/mol. The fraction of sp³-hybridized carbons (Fsp3) is 0.500. The third-order valence-corrected chi connectivity index (χ3v) is 5.15. The number of aryl methyl sites for hydroxylation is 1. The summed E-state index contributed by atoms with van der Waals surface area (Å²) in [5, 5.41) is 14.3. The third kappa shape index (κ3) is 6.62. The first-order chi connectivity index (χ1) is 14.1. The quantitative estimate of drug-likeness (QED) is 0.658. The highest BCUT2D eigenvalue weighted by molar-refractivity contribution is 5.89. The Hall–Kier alpha value is -2.83. The third-order valence-electron chi connectivity index (χ3n) is 5.15. The second-order valence-electron chi connectivity index (χ2n) is 7.52. The van der Waals surface area contributed by atoms with Crippen molar-refractivity contribution in [3.05, 3.63) is 42.1 Å². The molecule has 2 aromatic rings. The number of nitrogens with one attached hydrogen (secondary N) is 2. The van der Waals surface area contributed by atoms with Crippen molar-refractivity contribution < 1.29 is 9.53 Å². The molecule has 1 aromatic heterocycles. The number of hydrogen-bond acceptors (Lipinski definition) is 5. The molecule has 1 fully saturated rings. The van der Waals surface area contributed by atoms with Crippen molar-refractivity contribution in [2.75, 3.05) is 36.5 Å². The molecular weight excluding hydrogens is 366 g/mol. The largest absolute Gasteiger partial charge is 0.494 e. The first-order valence-electron chi connectivity index (χ1n) is 10.5. The minimum Gasteiger partial charge on any atom is -0.494 e. The lowest BCUT2D eigenvalue weighted by Crippen LogP contribution is -2.40. The Kier molecular flexibility index (Phi) is 7.67. The number of carbonyl (C=O) groups excluding carboxylic acids is 1. The number of nitrogens with zero attached hydrogens (tertiary/aromatic N) is 3. The van der Waals surface area contributed by atoms with Crippen LogP contribution >= 0.6 is 0 Å². The molecule has 2 N–H and O–H groups in total. The van der Waals surface area contributed by atoms with Crippen molar-refractivity contribution in [2.45, 2.75) is 39.5 Å². The van der Waals surface area contributed by atoms with Crippen LogP contribution in [0.4, 0.5) is 16.3 Å². The summed E-state index contributed by atoms with van der Waals surface area (Å²) >= 11 is 0. The summed E-state index contributed by atoms with van der Waals surface area (Å²) in [6.45, 7) is 7.35. The van der Waals surface area contributed by atoms with Crippen molar-refractivity contribution in [3.63, 3.8) is 0 Å². The van der Waals surface area contributed by atoms with Gasteiger partial charge in [0.1, 0.15) is 5.75 Å². The number of carbonyl (C=O) groups is 1. The van der Waals surface area contributed by atoms with Crippen LogP contribution in [0.2, 0.25) is 0 Å². The molecule has 0 atom stereocenters. The van der Waals surface area contributed by atoms with Crippen LogP contribution in [-0.2, 0) is 0 Å². The average Bonchev–Trinajstić information content (AvgIpc) is 2.75. The number of unbranched alkanes of at least 4 members (excludes halogenated alkanes) is 1. The minimum atomic E-state index is -0.170. The van der Waals surface area contributed by atoms with Crippen LogP contribution in [0.3, 0.4) is 0 Å². The minimum absolute atomic E-state index is 0.170. The molecule has 0 spiro atoms. The molecule has 1 saturated heterocycles. The van der Waals surface area contributed by atoms with Gasteiger partial charge < -0.3 is 20.3 Å². The normalized spacial score (nSPS) is 14.5. The van der Waals surface area contributed by atoms with Crippen LogP contribution in [0.5, 0.6) is 5.75 Å². The fourth-order valence-corrected chi connectivity index (χ4v) is 3.31. The topological polar surface area (TPSA) is 79.4 Å². The standard InChI is InChI=1S/C22H31N5O2/c1-3-4-15-29-20-8-6-19(7-9-20)24-22(28)23-16-18-11-13-27(14-12-18)21-10-5-17(2)25-26-21/h5-10,18H,3-4,11-16H2,1-2H3,(H2,23,24,28). The maximum absolute atomic E-state index is 12.2. The van der Waals surface area contributed by atoms with Gasteiger partial charge in [-0.15, -0.1) is 5.10 Å². The van der Waals surface area contributed by atoms with E-state index in [1.165, 1.54) is 0 Å². The summed E-state index contributed by atoms with van der Waals surface area (Å²) in [6.07, 6.45) is 4.21. The molecule has 2 amide bonds. The van der Waals surface area contributed by atoms with Crippen LogP contribution in [0.1, 0.15) is 38.3 Å². The zero-order chi connectivity index (χ0) is 20.5. The summed E-state index contributed by atoms with van der Waals surface area (Å²) in [6, 6.07) is 11.3.